The van der Waals surface area contributed by atoms with Gasteiger partial charge < -0.3 is 10.2 Å². The molecule has 4 N–H and O–H groups in total. The smallest absolute Gasteiger partial charge is 0.234 e. The first-order valence-corrected chi connectivity index (χ1v) is 11.0. The molecule has 3 heterocycles. The Bertz CT molecular complexity index is 706. The molecule has 1 aromatic rings. The Morgan fingerprint density at radius 2 is 1.66 bits per heavy atom. The van der Waals surface area contributed by atoms with Gasteiger partial charge >= 0.3 is 0 Å². The van der Waals surface area contributed by atoms with Gasteiger partial charge in [0.1, 0.15) is 0 Å². The molecule has 0 spiro atoms. The molecule has 0 aromatic heterocycles. The van der Waals surface area contributed by atoms with Crippen molar-refractivity contribution in [2.45, 2.75) is 50.5 Å². The van der Waals surface area contributed by atoms with Crippen LogP contribution in [0.5, 0.6) is 0 Å². The molecule has 1 atom stereocenters. The van der Waals surface area contributed by atoms with Crippen LogP contribution in [0.1, 0.15) is 50.0 Å². The van der Waals surface area contributed by atoms with Crippen LogP contribution in [0.15, 0.2) is 24.3 Å². The van der Waals surface area contributed by atoms with E-state index in [1.54, 1.807) is 0 Å². The number of hydrazine groups is 1. The molecule has 1 aromatic carbocycles. The predicted octanol–water partition coefficient (Wildman–Crippen LogP) is 1.67. The number of imide groups is 1. The van der Waals surface area contributed by atoms with Gasteiger partial charge in [-0.2, -0.15) is 0 Å². The highest BCUT2D eigenvalue weighted by atomic mass is 16.2. The second-order valence-electron chi connectivity index (χ2n) is 8.82. The minimum Gasteiger partial charge on any atom is -0.382 e. The SMILES string of the molecule is NN1CCC(CN2CCC(Nc3ccc(C4CCC(=O)NC4=O)cc3)CC2)CC1. The fourth-order valence-electron chi connectivity index (χ4n) is 4.82. The quantitative estimate of drug-likeness (QED) is 0.515. The second-order valence-corrected chi connectivity index (χ2v) is 8.82. The van der Waals surface area contributed by atoms with E-state index in [-0.39, 0.29) is 17.7 Å². The molecule has 7 nitrogen and oxygen atoms in total. The van der Waals surface area contributed by atoms with Crippen LogP contribution >= 0.6 is 0 Å². The van der Waals surface area contributed by atoms with Gasteiger partial charge in [0.05, 0.1) is 5.92 Å². The third-order valence-corrected chi connectivity index (χ3v) is 6.68. The van der Waals surface area contributed by atoms with Gasteiger partial charge in [-0.25, -0.2) is 5.01 Å². The maximum Gasteiger partial charge on any atom is 0.234 e. The first-order valence-electron chi connectivity index (χ1n) is 11.0. The van der Waals surface area contributed by atoms with Crippen molar-refractivity contribution < 1.29 is 9.59 Å². The minimum absolute atomic E-state index is 0.166. The van der Waals surface area contributed by atoms with Crippen molar-refractivity contribution in [2.24, 2.45) is 11.8 Å². The normalized spacial score (nSPS) is 25.8. The zero-order valence-electron chi connectivity index (χ0n) is 17.1. The highest BCUT2D eigenvalue weighted by Crippen LogP contribution is 2.27. The summed E-state index contributed by atoms with van der Waals surface area (Å²) in [6, 6.07) is 8.65. The lowest BCUT2D eigenvalue weighted by atomic mass is 9.90. The number of nitrogens with zero attached hydrogens (tertiary/aromatic N) is 2. The van der Waals surface area contributed by atoms with Crippen LogP contribution < -0.4 is 16.5 Å². The predicted molar refractivity (Wildman–Crippen MR) is 113 cm³/mol. The molecule has 29 heavy (non-hydrogen) atoms. The lowest BCUT2D eigenvalue weighted by molar-refractivity contribution is -0.134. The Kier molecular flexibility index (Phi) is 6.47. The van der Waals surface area contributed by atoms with Gasteiger partial charge in [-0.15, -0.1) is 0 Å². The molecule has 0 radical (unpaired) electrons. The fraction of sp³-hybridized carbons (Fsp3) is 0.636. The van der Waals surface area contributed by atoms with Crippen molar-refractivity contribution in [2.75, 3.05) is 38.0 Å². The van der Waals surface area contributed by atoms with E-state index in [1.807, 2.05) is 17.1 Å². The van der Waals surface area contributed by atoms with Crippen LogP contribution in [0.2, 0.25) is 0 Å². The van der Waals surface area contributed by atoms with Crippen molar-refractivity contribution in [3.05, 3.63) is 29.8 Å². The molecule has 4 rings (SSSR count). The minimum atomic E-state index is -0.212. The number of carbonyl (C=O) groups excluding carboxylic acids is 2. The van der Waals surface area contributed by atoms with Crippen LogP contribution in [-0.4, -0.2) is 60.5 Å². The van der Waals surface area contributed by atoms with E-state index >= 15 is 0 Å². The average Bonchev–Trinajstić information content (AvgIpc) is 2.72. The Labute approximate surface area is 173 Å². The molecule has 2 amide bonds. The number of likely N-dealkylation sites (tertiary alicyclic amines) is 1. The Morgan fingerprint density at radius 1 is 0.966 bits per heavy atom. The Morgan fingerprint density at radius 3 is 2.31 bits per heavy atom. The standard InChI is InChI=1S/C22H33N5O2/c23-27-13-7-16(8-14-27)15-26-11-9-19(10-12-26)24-18-3-1-17(2-4-18)20-5-6-21(28)25-22(20)29/h1-4,16,19-20,24H,5-15,23H2,(H,25,28,29). The Hall–Kier alpha value is -1.96. The van der Waals surface area contributed by atoms with E-state index in [1.165, 1.54) is 19.4 Å². The summed E-state index contributed by atoms with van der Waals surface area (Å²) < 4.78 is 0. The van der Waals surface area contributed by atoms with E-state index in [9.17, 15) is 9.59 Å². The molecule has 7 heteroatoms. The molecule has 0 bridgehead atoms. The number of nitrogens with one attached hydrogen (secondary N) is 2. The summed E-state index contributed by atoms with van der Waals surface area (Å²) in [7, 11) is 0. The van der Waals surface area contributed by atoms with Crippen molar-refractivity contribution in [1.82, 2.24) is 15.2 Å². The number of carbonyl (C=O) groups is 2. The van der Waals surface area contributed by atoms with Crippen molar-refractivity contribution in [3.8, 4) is 0 Å². The molecule has 3 aliphatic rings. The monoisotopic (exact) mass is 399 g/mol. The molecule has 3 aliphatic heterocycles. The third-order valence-electron chi connectivity index (χ3n) is 6.68. The zero-order valence-corrected chi connectivity index (χ0v) is 17.1. The van der Waals surface area contributed by atoms with Gasteiger partial charge in [-0.05, 0) is 55.7 Å². The van der Waals surface area contributed by atoms with E-state index < -0.39 is 0 Å². The van der Waals surface area contributed by atoms with E-state index in [0.717, 1.165) is 56.2 Å². The molecule has 1 unspecified atom stereocenters. The lowest BCUT2D eigenvalue weighted by Gasteiger charge is -2.37. The average molecular weight is 400 g/mol. The van der Waals surface area contributed by atoms with E-state index in [4.69, 9.17) is 5.84 Å². The van der Waals surface area contributed by atoms with Gasteiger partial charge in [-0.1, -0.05) is 12.1 Å². The van der Waals surface area contributed by atoms with Gasteiger partial charge in [0.25, 0.3) is 0 Å². The molecule has 0 aliphatic carbocycles. The number of amides is 2. The van der Waals surface area contributed by atoms with Crippen molar-refractivity contribution in [1.29, 1.82) is 0 Å². The van der Waals surface area contributed by atoms with Crippen LogP contribution in [0.4, 0.5) is 5.69 Å². The van der Waals surface area contributed by atoms with E-state index in [0.29, 0.717) is 18.9 Å². The van der Waals surface area contributed by atoms with Crippen molar-refractivity contribution in [3.63, 3.8) is 0 Å². The third kappa shape index (κ3) is 5.35. The molecule has 0 saturated carbocycles. The number of benzene rings is 1. The first-order chi connectivity index (χ1) is 14.1. The van der Waals surface area contributed by atoms with Crippen LogP contribution in [-0.2, 0) is 9.59 Å². The summed E-state index contributed by atoms with van der Waals surface area (Å²) >= 11 is 0. The number of piperidine rings is 3. The highest BCUT2D eigenvalue weighted by molar-refractivity contribution is 6.00. The highest BCUT2D eigenvalue weighted by Gasteiger charge is 2.28. The second kappa shape index (κ2) is 9.24. The summed E-state index contributed by atoms with van der Waals surface area (Å²) in [5, 5.41) is 8.03. The summed E-state index contributed by atoms with van der Waals surface area (Å²) in [4.78, 5) is 26.0. The molecular weight excluding hydrogens is 366 g/mol. The zero-order chi connectivity index (χ0) is 20.2. The molecule has 3 saturated heterocycles. The van der Waals surface area contributed by atoms with Crippen LogP contribution in [0.25, 0.3) is 0 Å². The lowest BCUT2D eigenvalue weighted by Crippen LogP contribution is -2.45. The number of nitrogens with two attached hydrogens (primary N) is 1. The Balaban J connectivity index is 1.22. The van der Waals surface area contributed by atoms with Gasteiger partial charge in [0.2, 0.25) is 11.8 Å². The summed E-state index contributed by atoms with van der Waals surface area (Å²) in [5.74, 6) is 6.10. The van der Waals surface area contributed by atoms with Gasteiger partial charge in [0.15, 0.2) is 0 Å². The number of hydrogen-bond donors (Lipinski definition) is 3. The van der Waals surface area contributed by atoms with Gasteiger partial charge in [0, 0.05) is 50.9 Å². The topological polar surface area (TPSA) is 90.7 Å². The number of anilines is 1. The van der Waals surface area contributed by atoms with Crippen LogP contribution in [0, 0.1) is 5.92 Å². The van der Waals surface area contributed by atoms with E-state index in [2.05, 4.69) is 27.7 Å². The van der Waals surface area contributed by atoms with Gasteiger partial charge in [-0.3, -0.25) is 20.7 Å². The molecule has 158 valence electrons. The summed E-state index contributed by atoms with van der Waals surface area (Å²) in [6.45, 7) is 5.56. The molecule has 3 fully saturated rings. The van der Waals surface area contributed by atoms with Crippen molar-refractivity contribution >= 4 is 17.5 Å². The fourth-order valence-corrected chi connectivity index (χ4v) is 4.82. The maximum atomic E-state index is 12.0. The summed E-state index contributed by atoms with van der Waals surface area (Å²) in [6.07, 6.45) is 5.76. The molecular formula is C22H33N5O2. The van der Waals surface area contributed by atoms with Crippen LogP contribution in [0.3, 0.4) is 0 Å². The number of rotatable bonds is 5. The maximum absolute atomic E-state index is 12.0. The summed E-state index contributed by atoms with van der Waals surface area (Å²) in [5.41, 5.74) is 2.09. The largest absolute Gasteiger partial charge is 0.382 e. The number of hydrogen-bond acceptors (Lipinski definition) is 6. The first kappa shape index (κ1) is 20.3.